The molecule has 1 unspecified atom stereocenters. The molecule has 0 radical (unpaired) electrons. The highest BCUT2D eigenvalue weighted by Gasteiger charge is 2.47. The van der Waals surface area contributed by atoms with Gasteiger partial charge in [0.15, 0.2) is 5.60 Å². The lowest BCUT2D eigenvalue weighted by Crippen LogP contribution is -2.37. The molecule has 47 heavy (non-hydrogen) atoms. The lowest BCUT2D eigenvalue weighted by molar-refractivity contribution is 0.122. The maximum atomic E-state index is 9.88. The largest absolute Gasteiger partial charge is 0.497 e. The van der Waals surface area contributed by atoms with Crippen molar-refractivity contribution in [2.24, 2.45) is 0 Å². The van der Waals surface area contributed by atoms with E-state index < -0.39 is 5.60 Å². The summed E-state index contributed by atoms with van der Waals surface area (Å²) in [6.45, 7) is 7.81. The van der Waals surface area contributed by atoms with E-state index in [1.54, 1.807) is 7.11 Å². The lowest BCUT2D eigenvalue weighted by atomic mass is 9.71. The van der Waals surface area contributed by atoms with Crippen molar-refractivity contribution in [3.63, 3.8) is 0 Å². The van der Waals surface area contributed by atoms with E-state index in [1.807, 2.05) is 12.1 Å². The van der Waals surface area contributed by atoms with Crippen molar-refractivity contribution in [3.8, 4) is 28.7 Å². The number of morpholine rings is 1. The van der Waals surface area contributed by atoms with Crippen molar-refractivity contribution in [1.82, 2.24) is 0 Å². The number of methoxy groups -OCH3 is 1. The molecule has 3 aliphatic rings. The SMILES string of the molecule is CCC1(CC)c2cc(C#N)ccc2-c2c1c1c(c3cc(OC)ccc23)OC(c2ccccc2)(c2ccc(N3CCOCC3)cc2)C=C1. The summed E-state index contributed by atoms with van der Waals surface area (Å²) in [6.07, 6.45) is 6.37. The van der Waals surface area contributed by atoms with Gasteiger partial charge in [-0.25, -0.2) is 0 Å². The molecule has 2 aliphatic heterocycles. The lowest BCUT2D eigenvalue weighted by Gasteiger charge is -2.39. The fourth-order valence-corrected chi connectivity index (χ4v) is 8.28. The predicted octanol–water partition coefficient (Wildman–Crippen LogP) is 8.99. The third-order valence-electron chi connectivity index (χ3n) is 10.7. The zero-order chi connectivity index (χ0) is 32.2. The van der Waals surface area contributed by atoms with Crippen LogP contribution < -0.4 is 14.4 Å². The van der Waals surface area contributed by atoms with Crippen LogP contribution >= 0.6 is 0 Å². The first-order valence-corrected chi connectivity index (χ1v) is 16.7. The molecule has 8 rings (SSSR count). The second-order valence-corrected chi connectivity index (χ2v) is 12.7. The second-order valence-electron chi connectivity index (χ2n) is 12.7. The minimum absolute atomic E-state index is 0.254. The van der Waals surface area contributed by atoms with Crippen molar-refractivity contribution in [1.29, 1.82) is 5.26 Å². The number of nitrogens with zero attached hydrogens (tertiary/aromatic N) is 2. The summed E-state index contributed by atoms with van der Waals surface area (Å²) in [5.41, 5.74) is 8.99. The summed E-state index contributed by atoms with van der Waals surface area (Å²) in [4.78, 5) is 2.38. The molecule has 1 aliphatic carbocycles. The van der Waals surface area contributed by atoms with Gasteiger partial charge in [0.05, 0.1) is 32.0 Å². The molecule has 0 aromatic heterocycles. The summed E-state index contributed by atoms with van der Waals surface area (Å²) in [5, 5.41) is 12.0. The van der Waals surface area contributed by atoms with E-state index in [-0.39, 0.29) is 5.41 Å². The van der Waals surface area contributed by atoms with Gasteiger partial charge < -0.3 is 19.1 Å². The van der Waals surface area contributed by atoms with Crippen LogP contribution in [0.4, 0.5) is 5.69 Å². The Hall–Kier alpha value is -5.05. The highest BCUT2D eigenvalue weighted by molar-refractivity contribution is 6.09. The first-order chi connectivity index (χ1) is 23.1. The van der Waals surface area contributed by atoms with Gasteiger partial charge in [-0.1, -0.05) is 68.5 Å². The van der Waals surface area contributed by atoms with E-state index in [4.69, 9.17) is 14.2 Å². The third kappa shape index (κ3) is 4.32. The summed E-state index contributed by atoms with van der Waals surface area (Å²) in [5.74, 6) is 1.65. The standard InChI is InChI=1S/C42H38N2O3/c1-4-41(5-2)37-25-28(27-43)11-17-34(37)38-33-18-16-32(45-3)26-36(33)40-35(39(38)41)19-20-42(47-40,29-9-7-6-8-10-29)30-12-14-31(15-13-30)44-21-23-46-24-22-44/h6-20,25-26H,4-5,21-24H2,1-3H3. The van der Waals surface area contributed by atoms with Gasteiger partial charge in [-0.3, -0.25) is 0 Å². The topological polar surface area (TPSA) is 54.7 Å². The molecule has 234 valence electrons. The van der Waals surface area contributed by atoms with Crippen molar-refractivity contribution in [2.75, 3.05) is 38.3 Å². The number of benzene rings is 5. The van der Waals surface area contributed by atoms with Crippen molar-refractivity contribution in [3.05, 3.63) is 130 Å². The number of hydrogen-bond acceptors (Lipinski definition) is 5. The zero-order valence-corrected chi connectivity index (χ0v) is 27.2. The summed E-state index contributed by atoms with van der Waals surface area (Å²) >= 11 is 0. The average Bonchev–Trinajstić information content (AvgIpc) is 3.45. The molecule has 0 bridgehead atoms. The third-order valence-corrected chi connectivity index (χ3v) is 10.7. The maximum Gasteiger partial charge on any atom is 0.178 e. The van der Waals surface area contributed by atoms with Crippen LogP contribution in [0.2, 0.25) is 0 Å². The van der Waals surface area contributed by atoms with Gasteiger partial charge in [0.25, 0.3) is 0 Å². The number of ether oxygens (including phenoxy) is 3. The fourth-order valence-electron chi connectivity index (χ4n) is 8.28. The van der Waals surface area contributed by atoms with E-state index in [0.717, 1.165) is 78.1 Å². The highest BCUT2D eigenvalue weighted by atomic mass is 16.5. The molecule has 2 heterocycles. The Morgan fingerprint density at radius 2 is 1.60 bits per heavy atom. The molecule has 1 saturated heterocycles. The number of anilines is 1. The fraction of sp³-hybridized carbons (Fsp3) is 0.262. The smallest absolute Gasteiger partial charge is 0.178 e. The van der Waals surface area contributed by atoms with E-state index in [0.29, 0.717) is 5.56 Å². The second kappa shape index (κ2) is 11.3. The van der Waals surface area contributed by atoms with Crippen molar-refractivity contribution >= 4 is 22.5 Å². The summed E-state index contributed by atoms with van der Waals surface area (Å²) in [6, 6.07) is 34.3. The summed E-state index contributed by atoms with van der Waals surface area (Å²) < 4.78 is 18.9. The van der Waals surface area contributed by atoms with Crippen LogP contribution in [0.3, 0.4) is 0 Å². The molecule has 5 aromatic rings. The van der Waals surface area contributed by atoms with E-state index in [1.165, 1.54) is 27.9 Å². The zero-order valence-electron chi connectivity index (χ0n) is 27.2. The maximum absolute atomic E-state index is 9.88. The van der Waals surface area contributed by atoms with Gasteiger partial charge in [-0.15, -0.1) is 0 Å². The Labute approximate surface area is 276 Å². The molecule has 0 saturated carbocycles. The van der Waals surface area contributed by atoms with Gasteiger partial charge in [-0.2, -0.15) is 5.26 Å². The molecule has 0 spiro atoms. The van der Waals surface area contributed by atoms with Crippen LogP contribution in [0.15, 0.2) is 97.1 Å². The minimum atomic E-state index is -0.845. The Morgan fingerprint density at radius 3 is 2.30 bits per heavy atom. The molecule has 1 fully saturated rings. The number of hydrogen-bond donors (Lipinski definition) is 0. The molecule has 0 amide bonds. The molecular formula is C42H38N2O3. The average molecular weight is 619 g/mol. The predicted molar refractivity (Wildman–Crippen MR) is 188 cm³/mol. The first-order valence-electron chi connectivity index (χ1n) is 16.7. The Bertz CT molecular complexity index is 2070. The van der Waals surface area contributed by atoms with E-state index >= 15 is 0 Å². The van der Waals surface area contributed by atoms with Crippen LogP contribution in [-0.2, 0) is 15.8 Å². The van der Waals surface area contributed by atoms with Crippen LogP contribution in [0.5, 0.6) is 11.5 Å². The Balaban J connectivity index is 1.39. The molecule has 5 heteroatoms. The van der Waals surface area contributed by atoms with Crippen molar-refractivity contribution in [2.45, 2.75) is 37.7 Å². The first kappa shape index (κ1) is 29.4. The van der Waals surface area contributed by atoms with Crippen LogP contribution in [0.1, 0.15) is 60.1 Å². The molecule has 1 atom stereocenters. The molecular weight excluding hydrogens is 580 g/mol. The van der Waals surface area contributed by atoms with Gasteiger partial charge in [0.2, 0.25) is 0 Å². The minimum Gasteiger partial charge on any atom is -0.497 e. The van der Waals surface area contributed by atoms with Crippen LogP contribution in [0, 0.1) is 11.3 Å². The molecule has 0 N–H and O–H groups in total. The van der Waals surface area contributed by atoms with E-state index in [9.17, 15) is 5.26 Å². The van der Waals surface area contributed by atoms with E-state index in [2.05, 4.69) is 116 Å². The monoisotopic (exact) mass is 618 g/mol. The van der Waals surface area contributed by atoms with Gasteiger partial charge in [0, 0.05) is 46.3 Å². The molecule has 5 aromatic carbocycles. The number of rotatable bonds is 6. The van der Waals surface area contributed by atoms with Crippen LogP contribution in [0.25, 0.3) is 28.0 Å². The quantitative estimate of drug-likeness (QED) is 0.190. The summed E-state index contributed by atoms with van der Waals surface area (Å²) in [7, 11) is 1.71. The van der Waals surface area contributed by atoms with Crippen molar-refractivity contribution < 1.29 is 14.2 Å². The molecule has 5 nitrogen and oxygen atoms in total. The number of nitriles is 1. The van der Waals surface area contributed by atoms with Gasteiger partial charge in [-0.05, 0) is 89.0 Å². The Morgan fingerprint density at radius 1 is 0.851 bits per heavy atom. The van der Waals surface area contributed by atoms with Gasteiger partial charge in [0.1, 0.15) is 11.5 Å². The van der Waals surface area contributed by atoms with Gasteiger partial charge >= 0.3 is 0 Å². The normalized spacial score (nSPS) is 19.0. The number of fused-ring (bicyclic) bond motifs is 8. The Kier molecular flexibility index (Phi) is 7.08. The van der Waals surface area contributed by atoms with Crippen LogP contribution in [-0.4, -0.2) is 33.4 Å². The highest BCUT2D eigenvalue weighted by Crippen LogP contribution is 2.60.